The molecular formula is C8H8ClN3O4S2. The molecule has 10 heteroatoms. The van der Waals surface area contributed by atoms with Gasteiger partial charge in [0.15, 0.2) is 14.9 Å². The van der Waals surface area contributed by atoms with E-state index in [2.05, 4.69) is 10.1 Å². The van der Waals surface area contributed by atoms with Crippen molar-refractivity contribution in [2.75, 3.05) is 11.5 Å². The molecule has 98 valence electrons. The molecule has 0 N–H and O–H groups in total. The second kappa shape index (κ2) is 4.48. The van der Waals surface area contributed by atoms with Gasteiger partial charge in [0.1, 0.15) is 5.52 Å². The SMILES string of the molecule is O=S(=O)(Cl)CCS(=O)(=O)c1nccn2nccc12. The molecule has 0 aliphatic heterocycles. The van der Waals surface area contributed by atoms with Gasteiger partial charge >= 0.3 is 0 Å². The van der Waals surface area contributed by atoms with Crippen molar-refractivity contribution in [3.8, 4) is 0 Å². The van der Waals surface area contributed by atoms with Gasteiger partial charge in [-0.25, -0.2) is 26.3 Å². The zero-order valence-electron chi connectivity index (χ0n) is 8.89. The van der Waals surface area contributed by atoms with Crippen LogP contribution in [0.1, 0.15) is 0 Å². The highest BCUT2D eigenvalue weighted by Crippen LogP contribution is 2.15. The molecule has 0 bridgehead atoms. The summed E-state index contributed by atoms with van der Waals surface area (Å²) in [6.07, 6.45) is 4.20. The molecule has 2 aromatic rings. The van der Waals surface area contributed by atoms with Crippen LogP contribution in [0.4, 0.5) is 0 Å². The summed E-state index contributed by atoms with van der Waals surface area (Å²) in [4.78, 5) is 3.76. The third-order valence-corrected chi connectivity index (χ3v) is 5.24. The number of rotatable bonds is 4. The van der Waals surface area contributed by atoms with Crippen molar-refractivity contribution in [1.82, 2.24) is 14.6 Å². The van der Waals surface area contributed by atoms with Crippen molar-refractivity contribution in [3.05, 3.63) is 24.7 Å². The Morgan fingerprint density at radius 3 is 2.56 bits per heavy atom. The minimum atomic E-state index is -3.86. The van der Waals surface area contributed by atoms with Crippen LogP contribution in [-0.4, -0.2) is 42.9 Å². The number of hydrogen-bond donors (Lipinski definition) is 0. The molecule has 0 atom stereocenters. The van der Waals surface area contributed by atoms with Crippen LogP contribution < -0.4 is 0 Å². The monoisotopic (exact) mass is 309 g/mol. The summed E-state index contributed by atoms with van der Waals surface area (Å²) >= 11 is 0. The highest BCUT2D eigenvalue weighted by atomic mass is 35.7. The number of hydrogen-bond acceptors (Lipinski definition) is 6. The Hall–Kier alpha value is -1.19. The predicted molar refractivity (Wildman–Crippen MR) is 64.7 cm³/mol. The van der Waals surface area contributed by atoms with E-state index >= 15 is 0 Å². The van der Waals surface area contributed by atoms with Gasteiger partial charge in [-0.05, 0) is 6.07 Å². The molecule has 0 radical (unpaired) electrons. The highest BCUT2D eigenvalue weighted by molar-refractivity contribution is 8.14. The molecule has 0 spiro atoms. The Balaban J connectivity index is 2.44. The molecule has 0 amide bonds. The normalized spacial score (nSPS) is 12.9. The maximum Gasteiger partial charge on any atom is 0.233 e. The van der Waals surface area contributed by atoms with E-state index in [1.165, 1.54) is 29.2 Å². The van der Waals surface area contributed by atoms with Gasteiger partial charge in [0.05, 0.1) is 17.7 Å². The smallest absolute Gasteiger partial charge is 0.233 e. The van der Waals surface area contributed by atoms with Gasteiger partial charge in [-0.3, -0.25) is 0 Å². The van der Waals surface area contributed by atoms with Crippen LogP contribution in [0.15, 0.2) is 29.7 Å². The second-order valence-corrected chi connectivity index (χ2v) is 8.38. The highest BCUT2D eigenvalue weighted by Gasteiger charge is 2.22. The fourth-order valence-corrected chi connectivity index (χ4v) is 4.51. The average molecular weight is 310 g/mol. The van der Waals surface area contributed by atoms with Gasteiger partial charge in [0, 0.05) is 23.1 Å². The summed E-state index contributed by atoms with van der Waals surface area (Å²) in [5, 5.41) is 3.66. The van der Waals surface area contributed by atoms with Crippen molar-refractivity contribution >= 4 is 35.1 Å². The quantitative estimate of drug-likeness (QED) is 0.741. The first-order chi connectivity index (χ1) is 8.30. The standard InChI is InChI=1S/C8H8ClN3O4S2/c9-18(15,16)6-5-17(13,14)8-7-1-2-11-12(7)4-3-10-8/h1-4H,5-6H2. The Morgan fingerprint density at radius 2 is 1.89 bits per heavy atom. The minimum absolute atomic E-state index is 0.206. The van der Waals surface area contributed by atoms with Crippen LogP contribution >= 0.6 is 10.7 Å². The number of sulfone groups is 1. The lowest BCUT2D eigenvalue weighted by atomic mass is 10.5. The largest absolute Gasteiger partial charge is 0.241 e. The average Bonchev–Trinajstić information content (AvgIpc) is 2.73. The number of fused-ring (bicyclic) bond motifs is 1. The third-order valence-electron chi connectivity index (χ3n) is 2.18. The molecule has 2 rings (SSSR count). The van der Waals surface area contributed by atoms with Gasteiger partial charge in [-0.15, -0.1) is 0 Å². The number of aromatic nitrogens is 3. The molecule has 2 aromatic heterocycles. The van der Waals surface area contributed by atoms with E-state index < -0.39 is 30.4 Å². The van der Waals surface area contributed by atoms with Crippen molar-refractivity contribution in [3.63, 3.8) is 0 Å². The topological polar surface area (TPSA) is 98.5 Å². The van der Waals surface area contributed by atoms with E-state index in [4.69, 9.17) is 10.7 Å². The van der Waals surface area contributed by atoms with Gasteiger partial charge in [0.25, 0.3) is 0 Å². The van der Waals surface area contributed by atoms with E-state index in [1.54, 1.807) is 0 Å². The first kappa shape index (κ1) is 13.2. The van der Waals surface area contributed by atoms with E-state index in [9.17, 15) is 16.8 Å². The Bertz CT molecular complexity index is 782. The summed E-state index contributed by atoms with van der Waals surface area (Å²) in [5.41, 5.74) is 0.296. The van der Waals surface area contributed by atoms with Crippen LogP contribution in [0.5, 0.6) is 0 Å². The summed E-state index contributed by atoms with van der Waals surface area (Å²) in [7, 11) is -2.69. The maximum absolute atomic E-state index is 12.0. The number of nitrogens with zero attached hydrogens (tertiary/aromatic N) is 3. The molecule has 0 aliphatic rings. The zero-order valence-corrected chi connectivity index (χ0v) is 11.3. The molecule has 0 aliphatic carbocycles. The lowest BCUT2D eigenvalue weighted by Gasteiger charge is -2.03. The molecule has 7 nitrogen and oxygen atoms in total. The van der Waals surface area contributed by atoms with Crippen LogP contribution in [-0.2, 0) is 18.9 Å². The Labute approximate surface area is 108 Å². The zero-order chi connectivity index (χ0) is 13.4. The fraction of sp³-hybridized carbons (Fsp3) is 0.250. The van der Waals surface area contributed by atoms with E-state index in [-0.39, 0.29) is 5.03 Å². The summed E-state index contributed by atoms with van der Waals surface area (Å²) in [6, 6.07) is 1.48. The van der Waals surface area contributed by atoms with Crippen LogP contribution in [0.25, 0.3) is 5.52 Å². The summed E-state index contributed by atoms with van der Waals surface area (Å²) in [5.74, 6) is -1.27. The van der Waals surface area contributed by atoms with Crippen molar-refractivity contribution in [2.24, 2.45) is 0 Å². The number of halogens is 1. The van der Waals surface area contributed by atoms with E-state index in [1.807, 2.05) is 0 Å². The first-order valence-corrected chi connectivity index (χ1v) is 8.86. The van der Waals surface area contributed by atoms with Gasteiger partial charge < -0.3 is 0 Å². The lowest BCUT2D eigenvalue weighted by molar-refractivity contribution is 0.590. The minimum Gasteiger partial charge on any atom is -0.241 e. The second-order valence-electron chi connectivity index (χ2n) is 3.46. The van der Waals surface area contributed by atoms with Crippen molar-refractivity contribution < 1.29 is 16.8 Å². The van der Waals surface area contributed by atoms with Crippen molar-refractivity contribution in [1.29, 1.82) is 0 Å². The first-order valence-electron chi connectivity index (χ1n) is 4.73. The Morgan fingerprint density at radius 1 is 1.17 bits per heavy atom. The summed E-state index contributed by atoms with van der Waals surface area (Å²) < 4.78 is 46.8. The predicted octanol–water partition coefficient (Wildman–Crippen LogP) is 0.0716. The molecular weight excluding hydrogens is 302 g/mol. The fourth-order valence-electron chi connectivity index (χ4n) is 1.38. The molecule has 0 fully saturated rings. The molecule has 2 heterocycles. The molecule has 0 saturated heterocycles. The van der Waals surface area contributed by atoms with Gasteiger partial charge in [0.2, 0.25) is 9.05 Å². The van der Waals surface area contributed by atoms with Crippen LogP contribution in [0.3, 0.4) is 0 Å². The molecule has 18 heavy (non-hydrogen) atoms. The van der Waals surface area contributed by atoms with E-state index in [0.29, 0.717) is 5.52 Å². The van der Waals surface area contributed by atoms with Gasteiger partial charge in [-0.1, -0.05) is 0 Å². The molecule has 0 unspecified atom stereocenters. The lowest BCUT2D eigenvalue weighted by Crippen LogP contribution is -2.16. The Kier molecular flexibility index (Phi) is 3.30. The maximum atomic E-state index is 12.0. The van der Waals surface area contributed by atoms with Crippen LogP contribution in [0.2, 0.25) is 0 Å². The third kappa shape index (κ3) is 2.79. The van der Waals surface area contributed by atoms with Crippen molar-refractivity contribution in [2.45, 2.75) is 5.03 Å². The van der Waals surface area contributed by atoms with Gasteiger partial charge in [-0.2, -0.15) is 5.10 Å². The summed E-state index contributed by atoms with van der Waals surface area (Å²) in [6.45, 7) is 0. The molecule has 0 aromatic carbocycles. The van der Waals surface area contributed by atoms with E-state index in [0.717, 1.165) is 0 Å². The van der Waals surface area contributed by atoms with Crippen LogP contribution in [0, 0.1) is 0 Å². The molecule has 0 saturated carbocycles.